The minimum atomic E-state index is -0.528. The number of likely N-dealkylation sites (tertiary alicyclic amines) is 2. The monoisotopic (exact) mass is 470 g/mol. The van der Waals surface area contributed by atoms with Crippen molar-refractivity contribution in [1.29, 1.82) is 0 Å². The highest BCUT2D eigenvalue weighted by Gasteiger charge is 2.42. The number of nitrogens with one attached hydrogen (secondary N) is 1. The molecule has 1 amide bonds. The lowest BCUT2D eigenvalue weighted by molar-refractivity contribution is 0.0772. The Bertz CT molecular complexity index is 1400. The van der Waals surface area contributed by atoms with E-state index >= 15 is 0 Å². The number of fused-ring (bicyclic) bond motifs is 2. The third-order valence-electron chi connectivity index (χ3n) is 7.04. The van der Waals surface area contributed by atoms with Crippen molar-refractivity contribution in [2.45, 2.75) is 6.42 Å². The first-order chi connectivity index (χ1) is 17.0. The molecule has 35 heavy (non-hydrogen) atoms. The Balaban J connectivity index is 1.33. The Kier molecular flexibility index (Phi) is 6.07. The summed E-state index contributed by atoms with van der Waals surface area (Å²) in [5, 5.41) is 8.03. The Morgan fingerprint density at radius 1 is 1.06 bits per heavy atom. The van der Waals surface area contributed by atoms with Gasteiger partial charge in [-0.3, -0.25) is 9.59 Å². The molecule has 0 spiro atoms. The van der Waals surface area contributed by atoms with Gasteiger partial charge >= 0.3 is 0 Å². The van der Waals surface area contributed by atoms with Crippen LogP contribution in [0.2, 0.25) is 0 Å². The van der Waals surface area contributed by atoms with Gasteiger partial charge in [0.2, 0.25) is 0 Å². The van der Waals surface area contributed by atoms with E-state index in [0.29, 0.717) is 42.4 Å². The van der Waals surface area contributed by atoms with Crippen LogP contribution in [0, 0.1) is 17.7 Å². The molecular formula is C28H27FN4O2. The van der Waals surface area contributed by atoms with Gasteiger partial charge in [0, 0.05) is 55.5 Å². The van der Waals surface area contributed by atoms with Crippen molar-refractivity contribution in [2.24, 2.45) is 11.8 Å². The predicted octanol–water partition coefficient (Wildman–Crippen LogP) is 3.91. The van der Waals surface area contributed by atoms with E-state index in [-0.39, 0.29) is 17.0 Å². The molecule has 0 bridgehead atoms. The van der Waals surface area contributed by atoms with E-state index in [1.165, 1.54) is 6.07 Å². The van der Waals surface area contributed by atoms with Gasteiger partial charge < -0.3 is 9.80 Å². The lowest BCUT2D eigenvalue weighted by atomic mass is 10.0. The van der Waals surface area contributed by atoms with Crippen molar-refractivity contribution in [1.82, 2.24) is 20.0 Å². The zero-order valence-electron chi connectivity index (χ0n) is 19.4. The fraction of sp³-hybridized carbons (Fsp3) is 0.250. The molecule has 3 aromatic rings. The van der Waals surface area contributed by atoms with Gasteiger partial charge in [0.1, 0.15) is 5.82 Å². The maximum atomic E-state index is 14.8. The molecule has 2 aromatic carbocycles. The zero-order chi connectivity index (χ0) is 24.5. The van der Waals surface area contributed by atoms with Crippen LogP contribution in [0.5, 0.6) is 0 Å². The van der Waals surface area contributed by atoms with Gasteiger partial charge in [0.15, 0.2) is 0 Å². The van der Waals surface area contributed by atoms with Gasteiger partial charge in [-0.15, -0.1) is 0 Å². The number of hydrogen-bond acceptors (Lipinski definition) is 4. The number of benzene rings is 2. The number of H-pyrrole nitrogens is 1. The van der Waals surface area contributed by atoms with Crippen LogP contribution in [0.15, 0.2) is 84.3 Å². The van der Waals surface area contributed by atoms with E-state index in [0.717, 1.165) is 29.7 Å². The van der Waals surface area contributed by atoms with Crippen LogP contribution in [0.1, 0.15) is 21.6 Å². The maximum Gasteiger partial charge on any atom is 0.272 e. The molecule has 2 fully saturated rings. The quantitative estimate of drug-likeness (QED) is 0.555. The second-order valence-corrected chi connectivity index (χ2v) is 9.20. The van der Waals surface area contributed by atoms with E-state index < -0.39 is 5.82 Å². The molecule has 1 aromatic heterocycles. The second-order valence-electron chi connectivity index (χ2n) is 9.20. The summed E-state index contributed by atoms with van der Waals surface area (Å²) in [4.78, 5) is 29.4. The summed E-state index contributed by atoms with van der Waals surface area (Å²) >= 11 is 0. The molecule has 0 radical (unpaired) electrons. The number of carbonyl (C=O) groups is 1. The van der Waals surface area contributed by atoms with Gasteiger partial charge in [-0.1, -0.05) is 43.5 Å². The lowest BCUT2D eigenvalue weighted by Crippen LogP contribution is -2.33. The second kappa shape index (κ2) is 9.33. The van der Waals surface area contributed by atoms with Gasteiger partial charge in [0.25, 0.3) is 11.5 Å². The van der Waals surface area contributed by atoms with Crippen LogP contribution in [0.25, 0.3) is 10.8 Å². The average Bonchev–Trinajstić information content (AvgIpc) is 3.45. The summed E-state index contributed by atoms with van der Waals surface area (Å²) in [7, 11) is 0. The summed E-state index contributed by atoms with van der Waals surface area (Å²) in [6.07, 6.45) is 5.89. The molecule has 2 saturated heterocycles. The number of halogens is 1. The van der Waals surface area contributed by atoms with Gasteiger partial charge in [0.05, 0.1) is 16.6 Å². The van der Waals surface area contributed by atoms with Gasteiger partial charge in [-0.05, 0) is 35.9 Å². The van der Waals surface area contributed by atoms with E-state index in [9.17, 15) is 14.0 Å². The molecule has 2 aliphatic heterocycles. The molecule has 6 nitrogen and oxygen atoms in total. The number of amides is 1. The molecular weight excluding hydrogens is 443 g/mol. The van der Waals surface area contributed by atoms with Crippen LogP contribution in [0.3, 0.4) is 0 Å². The number of aromatic nitrogens is 2. The predicted molar refractivity (Wildman–Crippen MR) is 135 cm³/mol. The Morgan fingerprint density at radius 3 is 2.43 bits per heavy atom. The molecule has 178 valence electrons. The molecule has 5 rings (SSSR count). The van der Waals surface area contributed by atoms with E-state index in [1.54, 1.807) is 35.2 Å². The highest BCUT2D eigenvalue weighted by Crippen LogP contribution is 2.34. The van der Waals surface area contributed by atoms with Crippen LogP contribution < -0.4 is 5.56 Å². The minimum Gasteiger partial charge on any atom is -0.371 e. The highest BCUT2D eigenvalue weighted by molar-refractivity contribution is 5.95. The zero-order valence-corrected chi connectivity index (χ0v) is 19.4. The fourth-order valence-corrected chi connectivity index (χ4v) is 5.31. The normalized spacial score (nSPS) is 19.7. The van der Waals surface area contributed by atoms with Crippen LogP contribution in [-0.2, 0) is 6.42 Å². The molecule has 2 unspecified atom stereocenters. The summed E-state index contributed by atoms with van der Waals surface area (Å²) in [5.74, 6) is -0.125. The van der Waals surface area contributed by atoms with Gasteiger partial charge in [-0.25, -0.2) is 9.49 Å². The highest BCUT2D eigenvalue weighted by atomic mass is 19.1. The van der Waals surface area contributed by atoms with E-state index in [1.807, 2.05) is 24.3 Å². The van der Waals surface area contributed by atoms with Crippen LogP contribution >= 0.6 is 0 Å². The largest absolute Gasteiger partial charge is 0.371 e. The Hall–Kier alpha value is -4.00. The Morgan fingerprint density at radius 2 is 1.74 bits per heavy atom. The third-order valence-corrected chi connectivity index (χ3v) is 7.04. The van der Waals surface area contributed by atoms with E-state index in [2.05, 4.69) is 28.3 Å². The molecule has 0 aliphatic carbocycles. The van der Waals surface area contributed by atoms with Crippen molar-refractivity contribution in [3.63, 3.8) is 0 Å². The molecule has 2 atom stereocenters. The van der Waals surface area contributed by atoms with Crippen molar-refractivity contribution < 1.29 is 9.18 Å². The van der Waals surface area contributed by atoms with Crippen molar-refractivity contribution in [3.8, 4) is 0 Å². The van der Waals surface area contributed by atoms with Crippen molar-refractivity contribution in [2.75, 3.05) is 26.2 Å². The molecule has 2 aliphatic rings. The van der Waals surface area contributed by atoms with Crippen molar-refractivity contribution in [3.05, 3.63) is 113 Å². The summed E-state index contributed by atoms with van der Waals surface area (Å²) in [5.41, 5.74) is 2.29. The average molecular weight is 471 g/mol. The maximum absolute atomic E-state index is 14.8. The first-order valence-corrected chi connectivity index (χ1v) is 11.7. The number of allylic oxidation sites excluding steroid dienone is 3. The molecule has 0 saturated carbocycles. The number of hydrogen-bond donors (Lipinski definition) is 1. The number of nitrogens with zero attached hydrogens (tertiary/aromatic N) is 3. The third kappa shape index (κ3) is 4.30. The first kappa shape index (κ1) is 22.8. The topological polar surface area (TPSA) is 69.3 Å². The Labute approximate surface area is 203 Å². The fourth-order valence-electron chi connectivity index (χ4n) is 5.31. The summed E-state index contributed by atoms with van der Waals surface area (Å²) < 4.78 is 14.8. The molecule has 3 heterocycles. The number of aromatic amines is 1. The summed E-state index contributed by atoms with van der Waals surface area (Å²) in [6, 6.07) is 11.9. The van der Waals surface area contributed by atoms with Crippen LogP contribution in [0.4, 0.5) is 4.39 Å². The van der Waals surface area contributed by atoms with Crippen LogP contribution in [-0.4, -0.2) is 52.1 Å². The lowest BCUT2D eigenvalue weighted by Gasteiger charge is -2.24. The number of rotatable bonds is 6. The first-order valence-electron chi connectivity index (χ1n) is 11.7. The number of carbonyl (C=O) groups excluding carboxylic acids is 1. The SMILES string of the molecule is C=C/C=C(\C=C)N1CC2CN(C(=O)c3cc(Cc4n[nH]c(=O)c5ccccc45)ccc3F)CC2C1. The van der Waals surface area contributed by atoms with Crippen molar-refractivity contribution >= 4 is 16.7 Å². The molecule has 1 N–H and O–H groups in total. The minimum absolute atomic E-state index is 0.0754. The molecule has 7 heteroatoms. The smallest absolute Gasteiger partial charge is 0.272 e. The summed E-state index contributed by atoms with van der Waals surface area (Å²) in [6.45, 7) is 10.5. The van der Waals surface area contributed by atoms with Gasteiger partial charge in [-0.2, -0.15) is 5.10 Å². The standard InChI is InChI=1S/C28H27FN4O2/c1-3-7-21(4-2)32-14-19-16-33(17-20(19)15-32)28(35)24-12-18(10-11-25(24)29)13-26-22-8-5-6-9-23(22)27(34)31-30-26/h3-12,19-20H,1-2,13-17H2,(H,31,34)/b21-7+. The van der Waals surface area contributed by atoms with E-state index in [4.69, 9.17) is 0 Å².